The molecule has 2 N–H and O–H groups in total. The van der Waals surface area contributed by atoms with Gasteiger partial charge in [0.25, 0.3) is 0 Å². The SMILES string of the molecule is CC(C)(O)CCNc1ccc(S(C)(=O)=O)cc1. The molecule has 0 bridgehead atoms. The number of nitrogens with one attached hydrogen (secondary N) is 1. The first kappa shape index (κ1) is 14.0. The maximum absolute atomic E-state index is 11.2. The fraction of sp³-hybridized carbons (Fsp3) is 0.500. The summed E-state index contributed by atoms with van der Waals surface area (Å²) in [4.78, 5) is 0.311. The van der Waals surface area contributed by atoms with Gasteiger partial charge in [-0.3, -0.25) is 0 Å². The lowest BCUT2D eigenvalue weighted by atomic mass is 10.1. The highest BCUT2D eigenvalue weighted by molar-refractivity contribution is 7.90. The second kappa shape index (κ2) is 5.06. The normalized spacial score (nSPS) is 12.5. The number of benzene rings is 1. The summed E-state index contributed by atoms with van der Waals surface area (Å²) < 4.78 is 22.5. The Morgan fingerprint density at radius 2 is 1.76 bits per heavy atom. The number of aliphatic hydroxyl groups is 1. The van der Waals surface area contributed by atoms with Crippen LogP contribution < -0.4 is 5.32 Å². The van der Waals surface area contributed by atoms with E-state index in [0.29, 0.717) is 17.9 Å². The number of rotatable bonds is 5. The Morgan fingerprint density at radius 3 is 2.18 bits per heavy atom. The third-order valence-electron chi connectivity index (χ3n) is 2.35. The fourth-order valence-electron chi connectivity index (χ4n) is 1.33. The van der Waals surface area contributed by atoms with E-state index >= 15 is 0 Å². The van der Waals surface area contributed by atoms with Crippen molar-refractivity contribution >= 4 is 15.5 Å². The van der Waals surface area contributed by atoms with E-state index in [-0.39, 0.29) is 0 Å². The van der Waals surface area contributed by atoms with Crippen LogP contribution in [0.2, 0.25) is 0 Å². The van der Waals surface area contributed by atoms with E-state index in [1.807, 2.05) is 0 Å². The van der Waals surface area contributed by atoms with Gasteiger partial charge in [-0.25, -0.2) is 8.42 Å². The molecule has 0 spiro atoms. The highest BCUT2D eigenvalue weighted by Crippen LogP contribution is 2.14. The van der Waals surface area contributed by atoms with Crippen LogP contribution in [0.25, 0.3) is 0 Å². The fourth-order valence-corrected chi connectivity index (χ4v) is 1.96. The van der Waals surface area contributed by atoms with Crippen LogP contribution in [0.15, 0.2) is 29.2 Å². The Bertz CT molecular complexity index is 458. The molecular weight excluding hydrogens is 238 g/mol. The molecule has 0 saturated heterocycles. The van der Waals surface area contributed by atoms with Crippen molar-refractivity contribution in [2.24, 2.45) is 0 Å². The van der Waals surface area contributed by atoms with E-state index in [1.54, 1.807) is 38.1 Å². The Morgan fingerprint density at radius 1 is 1.24 bits per heavy atom. The molecule has 0 radical (unpaired) electrons. The van der Waals surface area contributed by atoms with Crippen LogP contribution in [0, 0.1) is 0 Å². The molecule has 0 fully saturated rings. The van der Waals surface area contributed by atoms with Gasteiger partial charge in [-0.1, -0.05) is 0 Å². The first-order chi connectivity index (χ1) is 7.68. The van der Waals surface area contributed by atoms with Gasteiger partial charge in [0, 0.05) is 18.5 Å². The summed E-state index contributed by atoms with van der Waals surface area (Å²) in [5.41, 5.74) is 0.154. The Labute approximate surface area is 103 Å². The van der Waals surface area contributed by atoms with E-state index in [9.17, 15) is 13.5 Å². The molecule has 5 heteroatoms. The number of hydrogen-bond acceptors (Lipinski definition) is 4. The van der Waals surface area contributed by atoms with Crippen LogP contribution in [-0.4, -0.2) is 31.9 Å². The summed E-state index contributed by atoms with van der Waals surface area (Å²) in [5, 5.41) is 12.7. The largest absolute Gasteiger partial charge is 0.390 e. The van der Waals surface area contributed by atoms with Gasteiger partial charge in [-0.2, -0.15) is 0 Å². The van der Waals surface area contributed by atoms with Crippen molar-refractivity contribution in [2.75, 3.05) is 18.1 Å². The van der Waals surface area contributed by atoms with Crippen molar-refractivity contribution in [3.05, 3.63) is 24.3 Å². The predicted molar refractivity (Wildman–Crippen MR) is 69.0 cm³/mol. The Kier molecular flexibility index (Phi) is 4.16. The quantitative estimate of drug-likeness (QED) is 0.842. The van der Waals surface area contributed by atoms with Gasteiger partial charge in [0.05, 0.1) is 10.5 Å². The van der Waals surface area contributed by atoms with Crippen molar-refractivity contribution in [1.29, 1.82) is 0 Å². The van der Waals surface area contributed by atoms with Gasteiger partial charge in [0.2, 0.25) is 0 Å². The summed E-state index contributed by atoms with van der Waals surface area (Å²) in [6.45, 7) is 4.14. The lowest BCUT2D eigenvalue weighted by Crippen LogP contribution is -2.22. The standard InChI is InChI=1S/C12H19NO3S/c1-12(2,14)8-9-13-10-4-6-11(7-5-10)17(3,15)16/h4-7,13-14H,8-9H2,1-3H3. The van der Waals surface area contributed by atoms with Gasteiger partial charge < -0.3 is 10.4 Å². The highest BCUT2D eigenvalue weighted by Gasteiger charge is 2.11. The molecule has 1 rings (SSSR count). The minimum Gasteiger partial charge on any atom is -0.390 e. The predicted octanol–water partition coefficient (Wildman–Crippen LogP) is 1.66. The molecule has 0 saturated carbocycles. The molecule has 1 aromatic carbocycles. The van der Waals surface area contributed by atoms with Crippen molar-refractivity contribution in [3.8, 4) is 0 Å². The zero-order valence-corrected chi connectivity index (χ0v) is 11.2. The third-order valence-corrected chi connectivity index (χ3v) is 3.48. The van der Waals surface area contributed by atoms with Crippen LogP contribution in [0.3, 0.4) is 0 Å². The molecule has 96 valence electrons. The molecule has 0 heterocycles. The average molecular weight is 257 g/mol. The second-order valence-electron chi connectivity index (χ2n) is 4.79. The zero-order valence-electron chi connectivity index (χ0n) is 10.4. The van der Waals surface area contributed by atoms with E-state index in [0.717, 1.165) is 5.69 Å². The van der Waals surface area contributed by atoms with Crippen LogP contribution in [0.1, 0.15) is 20.3 Å². The minimum absolute atomic E-state index is 0.311. The molecule has 0 aliphatic rings. The van der Waals surface area contributed by atoms with E-state index in [4.69, 9.17) is 0 Å². The monoisotopic (exact) mass is 257 g/mol. The minimum atomic E-state index is -3.13. The van der Waals surface area contributed by atoms with E-state index in [1.165, 1.54) is 6.26 Å². The first-order valence-electron chi connectivity index (χ1n) is 5.45. The molecule has 4 nitrogen and oxygen atoms in total. The molecule has 17 heavy (non-hydrogen) atoms. The smallest absolute Gasteiger partial charge is 0.175 e. The van der Waals surface area contributed by atoms with Gasteiger partial charge in [0.15, 0.2) is 9.84 Å². The van der Waals surface area contributed by atoms with Crippen LogP contribution in [0.5, 0.6) is 0 Å². The van der Waals surface area contributed by atoms with E-state index in [2.05, 4.69) is 5.32 Å². The van der Waals surface area contributed by atoms with Gasteiger partial charge in [0.1, 0.15) is 0 Å². The van der Waals surface area contributed by atoms with E-state index < -0.39 is 15.4 Å². The lowest BCUT2D eigenvalue weighted by molar-refractivity contribution is 0.0749. The molecule has 0 aromatic heterocycles. The van der Waals surface area contributed by atoms with Crippen LogP contribution in [0.4, 0.5) is 5.69 Å². The lowest BCUT2D eigenvalue weighted by Gasteiger charge is -2.17. The van der Waals surface area contributed by atoms with Crippen molar-refractivity contribution in [2.45, 2.75) is 30.8 Å². The Balaban J connectivity index is 2.58. The molecule has 0 aliphatic carbocycles. The first-order valence-corrected chi connectivity index (χ1v) is 7.34. The van der Waals surface area contributed by atoms with Crippen molar-refractivity contribution in [1.82, 2.24) is 0 Å². The number of hydrogen-bond donors (Lipinski definition) is 2. The second-order valence-corrected chi connectivity index (χ2v) is 6.80. The Hall–Kier alpha value is -1.07. The molecule has 0 amide bonds. The summed E-state index contributed by atoms with van der Waals surface area (Å²) in [6.07, 6.45) is 1.81. The van der Waals surface area contributed by atoms with Crippen LogP contribution >= 0.6 is 0 Å². The summed E-state index contributed by atoms with van der Waals surface area (Å²) in [7, 11) is -3.13. The molecule has 0 atom stereocenters. The third kappa shape index (κ3) is 5.19. The van der Waals surface area contributed by atoms with Gasteiger partial charge in [-0.15, -0.1) is 0 Å². The molecule has 1 aromatic rings. The summed E-state index contributed by atoms with van der Waals surface area (Å²) in [5.74, 6) is 0. The molecule has 0 unspecified atom stereocenters. The number of anilines is 1. The topological polar surface area (TPSA) is 66.4 Å². The number of sulfone groups is 1. The van der Waals surface area contributed by atoms with Crippen molar-refractivity contribution in [3.63, 3.8) is 0 Å². The van der Waals surface area contributed by atoms with Crippen LogP contribution in [-0.2, 0) is 9.84 Å². The maximum atomic E-state index is 11.2. The molecular formula is C12H19NO3S. The zero-order chi connectivity index (χ0) is 13.1. The summed E-state index contributed by atoms with van der Waals surface area (Å²) in [6, 6.07) is 6.59. The highest BCUT2D eigenvalue weighted by atomic mass is 32.2. The van der Waals surface area contributed by atoms with Gasteiger partial charge >= 0.3 is 0 Å². The average Bonchev–Trinajstić information content (AvgIpc) is 2.15. The van der Waals surface area contributed by atoms with Gasteiger partial charge in [-0.05, 0) is 44.5 Å². The maximum Gasteiger partial charge on any atom is 0.175 e. The molecule has 0 aliphatic heterocycles. The summed E-state index contributed by atoms with van der Waals surface area (Å²) >= 11 is 0. The van der Waals surface area contributed by atoms with Crippen molar-refractivity contribution < 1.29 is 13.5 Å².